The van der Waals surface area contributed by atoms with Crippen LogP contribution >= 0.6 is 0 Å². The molecule has 0 aliphatic carbocycles. The van der Waals surface area contributed by atoms with Crippen LogP contribution in [0.15, 0.2) is 0 Å². The number of rotatable bonds is 1. The standard InChI is InChI=1S/C14H27N3O2/c1-13(2,3)19-12(18)17-8-11-6-5-7-16(4)14(11,9-15)10-17/h11H,5-10,15H2,1-4H3/t11-,14-/m0/s1. The number of piperidine rings is 1. The summed E-state index contributed by atoms with van der Waals surface area (Å²) in [5, 5.41) is 0. The molecule has 0 aromatic rings. The first-order valence-electron chi connectivity index (χ1n) is 7.18. The molecule has 0 aromatic heterocycles. The Bertz CT molecular complexity index is 353. The summed E-state index contributed by atoms with van der Waals surface area (Å²) < 4.78 is 5.48. The second-order valence-corrected chi connectivity index (χ2v) is 6.93. The second-order valence-electron chi connectivity index (χ2n) is 6.93. The Balaban J connectivity index is 2.10. The Labute approximate surface area is 116 Å². The fourth-order valence-electron chi connectivity index (χ4n) is 3.40. The van der Waals surface area contributed by atoms with Crippen LogP contribution in [0.1, 0.15) is 33.6 Å². The summed E-state index contributed by atoms with van der Waals surface area (Å²) in [6.07, 6.45) is 2.13. The topological polar surface area (TPSA) is 58.8 Å². The molecule has 2 atom stereocenters. The zero-order valence-electron chi connectivity index (χ0n) is 12.6. The Morgan fingerprint density at radius 3 is 2.68 bits per heavy atom. The lowest BCUT2D eigenvalue weighted by Gasteiger charge is -2.45. The van der Waals surface area contributed by atoms with Gasteiger partial charge in [0.15, 0.2) is 0 Å². The molecule has 5 nitrogen and oxygen atoms in total. The summed E-state index contributed by atoms with van der Waals surface area (Å²) in [6.45, 7) is 8.84. The van der Waals surface area contributed by atoms with Crippen LogP contribution in [0.5, 0.6) is 0 Å². The summed E-state index contributed by atoms with van der Waals surface area (Å²) in [5.41, 5.74) is 5.55. The van der Waals surface area contributed by atoms with E-state index in [0.29, 0.717) is 19.0 Å². The number of likely N-dealkylation sites (N-methyl/N-ethyl adjacent to an activating group) is 1. The molecule has 2 heterocycles. The smallest absolute Gasteiger partial charge is 0.410 e. The van der Waals surface area contributed by atoms with E-state index in [9.17, 15) is 4.79 Å². The minimum Gasteiger partial charge on any atom is -0.444 e. The van der Waals surface area contributed by atoms with E-state index < -0.39 is 5.60 Å². The summed E-state index contributed by atoms with van der Waals surface area (Å²) in [6, 6.07) is 0. The number of nitrogens with zero attached hydrogens (tertiary/aromatic N) is 2. The van der Waals surface area contributed by atoms with Crippen molar-refractivity contribution >= 4 is 6.09 Å². The summed E-state index contributed by atoms with van der Waals surface area (Å²) >= 11 is 0. The fourth-order valence-corrected chi connectivity index (χ4v) is 3.40. The number of amides is 1. The van der Waals surface area contributed by atoms with Gasteiger partial charge in [0.05, 0.1) is 5.54 Å². The number of carbonyl (C=O) groups excluding carboxylic acids is 1. The van der Waals surface area contributed by atoms with Gasteiger partial charge in [-0.15, -0.1) is 0 Å². The zero-order valence-corrected chi connectivity index (χ0v) is 12.6. The molecule has 2 saturated heterocycles. The van der Waals surface area contributed by atoms with Crippen molar-refractivity contribution in [1.82, 2.24) is 9.80 Å². The molecular weight excluding hydrogens is 242 g/mol. The second kappa shape index (κ2) is 4.94. The van der Waals surface area contributed by atoms with Gasteiger partial charge in [0.1, 0.15) is 5.60 Å². The SMILES string of the molecule is CN1CCC[C@H]2CN(C(=O)OC(C)(C)C)C[C@@]21CN. The number of hydrogen-bond donors (Lipinski definition) is 1. The summed E-state index contributed by atoms with van der Waals surface area (Å²) in [7, 11) is 2.12. The van der Waals surface area contributed by atoms with E-state index in [1.807, 2.05) is 25.7 Å². The van der Waals surface area contributed by atoms with Gasteiger partial charge in [-0.2, -0.15) is 0 Å². The van der Waals surface area contributed by atoms with Crippen LogP contribution in [0, 0.1) is 5.92 Å². The zero-order chi connectivity index (χ0) is 14.3. The van der Waals surface area contributed by atoms with Gasteiger partial charge in [-0.3, -0.25) is 4.90 Å². The van der Waals surface area contributed by atoms with Crippen LogP contribution in [0.2, 0.25) is 0 Å². The Morgan fingerprint density at radius 1 is 1.47 bits per heavy atom. The van der Waals surface area contributed by atoms with Crippen LogP contribution in [-0.2, 0) is 4.74 Å². The van der Waals surface area contributed by atoms with Crippen molar-refractivity contribution in [2.24, 2.45) is 11.7 Å². The number of ether oxygens (including phenoxy) is 1. The Kier molecular flexibility index (Phi) is 3.80. The van der Waals surface area contributed by atoms with Gasteiger partial charge >= 0.3 is 6.09 Å². The first-order valence-corrected chi connectivity index (χ1v) is 7.18. The van der Waals surface area contributed by atoms with Crippen molar-refractivity contribution in [2.45, 2.75) is 44.8 Å². The first kappa shape index (κ1) is 14.6. The third kappa shape index (κ3) is 2.72. The minimum absolute atomic E-state index is 0.0465. The molecule has 2 N–H and O–H groups in total. The van der Waals surface area contributed by atoms with Crippen molar-refractivity contribution < 1.29 is 9.53 Å². The van der Waals surface area contributed by atoms with Crippen LogP contribution in [0.3, 0.4) is 0 Å². The number of fused-ring (bicyclic) bond motifs is 1. The monoisotopic (exact) mass is 269 g/mol. The minimum atomic E-state index is -0.438. The van der Waals surface area contributed by atoms with Crippen molar-refractivity contribution in [1.29, 1.82) is 0 Å². The van der Waals surface area contributed by atoms with E-state index in [4.69, 9.17) is 10.5 Å². The van der Waals surface area contributed by atoms with Crippen molar-refractivity contribution in [2.75, 3.05) is 33.2 Å². The largest absolute Gasteiger partial charge is 0.444 e. The fraction of sp³-hybridized carbons (Fsp3) is 0.929. The van der Waals surface area contributed by atoms with E-state index in [0.717, 1.165) is 19.5 Å². The lowest BCUT2D eigenvalue weighted by Crippen LogP contribution is -2.60. The van der Waals surface area contributed by atoms with E-state index >= 15 is 0 Å². The summed E-state index contributed by atoms with van der Waals surface area (Å²) in [4.78, 5) is 16.4. The molecule has 0 radical (unpaired) electrons. The molecule has 2 aliphatic heterocycles. The average molecular weight is 269 g/mol. The maximum atomic E-state index is 12.2. The van der Waals surface area contributed by atoms with Crippen LogP contribution in [-0.4, -0.2) is 60.3 Å². The molecule has 0 saturated carbocycles. The van der Waals surface area contributed by atoms with Crippen molar-refractivity contribution in [3.05, 3.63) is 0 Å². The maximum Gasteiger partial charge on any atom is 0.410 e. The van der Waals surface area contributed by atoms with E-state index in [1.54, 1.807) is 0 Å². The predicted octanol–water partition coefficient (Wildman–Crippen LogP) is 1.28. The Morgan fingerprint density at radius 2 is 2.16 bits per heavy atom. The van der Waals surface area contributed by atoms with Crippen LogP contribution < -0.4 is 5.73 Å². The number of carbonyl (C=O) groups is 1. The third-order valence-electron chi connectivity index (χ3n) is 4.48. The van der Waals surface area contributed by atoms with Gasteiger partial charge in [-0.05, 0) is 53.1 Å². The average Bonchev–Trinajstić information content (AvgIpc) is 2.68. The van der Waals surface area contributed by atoms with Gasteiger partial charge in [0.2, 0.25) is 0 Å². The highest BCUT2D eigenvalue weighted by Crippen LogP contribution is 2.38. The normalized spacial score (nSPS) is 32.3. The first-order chi connectivity index (χ1) is 8.78. The number of nitrogens with two attached hydrogens (primary N) is 1. The number of likely N-dealkylation sites (tertiary alicyclic amines) is 2. The molecule has 19 heavy (non-hydrogen) atoms. The van der Waals surface area contributed by atoms with Crippen LogP contribution in [0.4, 0.5) is 4.79 Å². The molecule has 2 fully saturated rings. The number of hydrogen-bond acceptors (Lipinski definition) is 4. The summed E-state index contributed by atoms with van der Waals surface area (Å²) in [5.74, 6) is 0.476. The van der Waals surface area contributed by atoms with Crippen molar-refractivity contribution in [3.8, 4) is 0 Å². The quantitative estimate of drug-likeness (QED) is 0.779. The predicted molar refractivity (Wildman–Crippen MR) is 74.9 cm³/mol. The lowest BCUT2D eigenvalue weighted by atomic mass is 9.79. The Hall–Kier alpha value is -0.810. The van der Waals surface area contributed by atoms with Gasteiger partial charge < -0.3 is 15.4 Å². The van der Waals surface area contributed by atoms with Gasteiger partial charge in [0, 0.05) is 19.6 Å². The highest BCUT2D eigenvalue weighted by atomic mass is 16.6. The van der Waals surface area contributed by atoms with Gasteiger partial charge in [-0.25, -0.2) is 4.79 Å². The molecule has 0 unspecified atom stereocenters. The molecule has 0 spiro atoms. The highest BCUT2D eigenvalue weighted by Gasteiger charge is 2.51. The molecule has 0 bridgehead atoms. The molecule has 1 amide bonds. The van der Waals surface area contributed by atoms with Gasteiger partial charge in [0.25, 0.3) is 0 Å². The molecule has 0 aromatic carbocycles. The molecule has 2 rings (SSSR count). The third-order valence-corrected chi connectivity index (χ3v) is 4.48. The van der Waals surface area contributed by atoms with Crippen LogP contribution in [0.25, 0.3) is 0 Å². The van der Waals surface area contributed by atoms with E-state index in [1.165, 1.54) is 6.42 Å². The van der Waals surface area contributed by atoms with E-state index in [2.05, 4.69) is 11.9 Å². The van der Waals surface area contributed by atoms with Crippen molar-refractivity contribution in [3.63, 3.8) is 0 Å². The highest BCUT2D eigenvalue weighted by molar-refractivity contribution is 5.69. The van der Waals surface area contributed by atoms with Gasteiger partial charge in [-0.1, -0.05) is 0 Å². The maximum absolute atomic E-state index is 12.2. The molecule has 2 aliphatic rings. The lowest BCUT2D eigenvalue weighted by molar-refractivity contribution is 0.0241. The molecular formula is C14H27N3O2. The van der Waals surface area contributed by atoms with E-state index in [-0.39, 0.29) is 11.6 Å². The molecule has 110 valence electrons. The molecule has 5 heteroatoms.